The Bertz CT molecular complexity index is 891. The zero-order valence-electron chi connectivity index (χ0n) is 18.1. The Kier molecular flexibility index (Phi) is 5.35. The van der Waals surface area contributed by atoms with Gasteiger partial charge in [-0.1, -0.05) is 18.2 Å². The van der Waals surface area contributed by atoms with E-state index in [0.29, 0.717) is 30.4 Å². The zero-order valence-corrected chi connectivity index (χ0v) is 18.1. The molecule has 0 aromatic heterocycles. The lowest BCUT2D eigenvalue weighted by Crippen LogP contribution is -2.57. The molecular formula is C23H29F3N2O3. The van der Waals surface area contributed by atoms with Gasteiger partial charge in [0.15, 0.2) is 5.54 Å². The fourth-order valence-electron chi connectivity index (χ4n) is 5.84. The number of halogens is 3. The van der Waals surface area contributed by atoms with Gasteiger partial charge in [0.2, 0.25) is 0 Å². The summed E-state index contributed by atoms with van der Waals surface area (Å²) in [6.07, 6.45) is -1.62. The molecule has 1 unspecified atom stereocenters. The SMILES string of the molecule is COC1CCC2(CC1)Cc1ccc(CCC(F)(F)F)cc1C21NC(=O)N(C(C)C)C1=O. The quantitative estimate of drug-likeness (QED) is 0.706. The van der Waals surface area contributed by atoms with Gasteiger partial charge in [0.1, 0.15) is 0 Å². The van der Waals surface area contributed by atoms with Crippen molar-refractivity contribution in [1.29, 1.82) is 0 Å². The number of benzene rings is 1. The number of imide groups is 1. The number of nitrogens with one attached hydrogen (secondary N) is 1. The summed E-state index contributed by atoms with van der Waals surface area (Å²) >= 11 is 0. The Morgan fingerprint density at radius 1 is 1.23 bits per heavy atom. The zero-order chi connectivity index (χ0) is 22.6. The van der Waals surface area contributed by atoms with Crippen molar-refractivity contribution in [2.45, 2.75) is 82.7 Å². The predicted molar refractivity (Wildman–Crippen MR) is 108 cm³/mol. The first-order valence-corrected chi connectivity index (χ1v) is 10.9. The normalized spacial score (nSPS) is 30.5. The molecule has 8 heteroatoms. The van der Waals surface area contributed by atoms with Crippen molar-refractivity contribution in [3.05, 3.63) is 34.9 Å². The van der Waals surface area contributed by atoms with E-state index in [1.165, 1.54) is 4.90 Å². The molecule has 1 saturated heterocycles. The number of alkyl halides is 3. The highest BCUT2D eigenvalue weighted by molar-refractivity contribution is 6.09. The molecule has 2 aliphatic carbocycles. The lowest BCUT2D eigenvalue weighted by atomic mass is 9.61. The molecule has 3 aliphatic rings. The van der Waals surface area contributed by atoms with Crippen LogP contribution in [0, 0.1) is 5.41 Å². The Labute approximate surface area is 180 Å². The van der Waals surface area contributed by atoms with Crippen LogP contribution in [0.15, 0.2) is 18.2 Å². The molecule has 31 heavy (non-hydrogen) atoms. The molecule has 1 saturated carbocycles. The smallest absolute Gasteiger partial charge is 0.381 e. The first kappa shape index (κ1) is 22.1. The molecule has 1 aliphatic heterocycles. The minimum atomic E-state index is -4.25. The van der Waals surface area contributed by atoms with E-state index in [9.17, 15) is 22.8 Å². The molecule has 5 nitrogen and oxygen atoms in total. The van der Waals surface area contributed by atoms with Crippen molar-refractivity contribution in [3.63, 3.8) is 0 Å². The highest BCUT2D eigenvalue weighted by Gasteiger charge is 2.68. The summed E-state index contributed by atoms with van der Waals surface area (Å²) in [6, 6.07) is 4.55. The summed E-state index contributed by atoms with van der Waals surface area (Å²) in [5.41, 5.74) is 0.415. The second kappa shape index (κ2) is 7.50. The van der Waals surface area contributed by atoms with E-state index in [2.05, 4.69) is 5.32 Å². The Morgan fingerprint density at radius 3 is 2.45 bits per heavy atom. The van der Waals surface area contributed by atoms with Gasteiger partial charge in [0.05, 0.1) is 6.10 Å². The first-order chi connectivity index (χ1) is 14.5. The van der Waals surface area contributed by atoms with Gasteiger partial charge in [0, 0.05) is 25.0 Å². The number of hydrogen-bond donors (Lipinski definition) is 1. The number of amides is 3. The molecule has 0 radical (unpaired) electrons. The van der Waals surface area contributed by atoms with Gasteiger partial charge < -0.3 is 10.1 Å². The topological polar surface area (TPSA) is 58.6 Å². The van der Waals surface area contributed by atoms with E-state index in [0.717, 1.165) is 18.4 Å². The van der Waals surface area contributed by atoms with E-state index in [-0.39, 0.29) is 24.5 Å². The number of rotatable bonds is 4. The summed E-state index contributed by atoms with van der Waals surface area (Å²) in [7, 11) is 1.68. The van der Waals surface area contributed by atoms with E-state index in [1.54, 1.807) is 33.1 Å². The summed E-state index contributed by atoms with van der Waals surface area (Å²) in [5.74, 6) is -0.282. The van der Waals surface area contributed by atoms with Crippen molar-refractivity contribution in [2.75, 3.05) is 7.11 Å². The molecule has 4 rings (SSSR count). The van der Waals surface area contributed by atoms with Crippen molar-refractivity contribution < 1.29 is 27.5 Å². The number of ether oxygens (including phenoxy) is 1. The van der Waals surface area contributed by atoms with Gasteiger partial charge in [-0.15, -0.1) is 0 Å². The van der Waals surface area contributed by atoms with Crippen LogP contribution in [0.2, 0.25) is 0 Å². The van der Waals surface area contributed by atoms with Crippen LogP contribution in [-0.4, -0.2) is 42.3 Å². The molecule has 2 spiro atoms. The van der Waals surface area contributed by atoms with Gasteiger partial charge in [-0.2, -0.15) is 13.2 Å². The second-order valence-electron chi connectivity index (χ2n) is 9.45. The summed E-state index contributed by atoms with van der Waals surface area (Å²) < 4.78 is 43.9. The molecule has 1 N–H and O–H groups in total. The predicted octanol–water partition coefficient (Wildman–Crippen LogP) is 4.47. The average Bonchev–Trinajstić information content (AvgIpc) is 3.12. The van der Waals surface area contributed by atoms with Gasteiger partial charge in [0.25, 0.3) is 5.91 Å². The second-order valence-corrected chi connectivity index (χ2v) is 9.45. The number of carbonyl (C=O) groups excluding carboxylic acids is 2. The number of hydrogen-bond acceptors (Lipinski definition) is 3. The molecule has 1 aromatic carbocycles. The van der Waals surface area contributed by atoms with Crippen LogP contribution in [0.5, 0.6) is 0 Å². The monoisotopic (exact) mass is 438 g/mol. The fraction of sp³-hybridized carbons (Fsp3) is 0.652. The fourth-order valence-corrected chi connectivity index (χ4v) is 5.84. The lowest BCUT2D eigenvalue weighted by molar-refractivity contribution is -0.139. The minimum absolute atomic E-state index is 0.113. The summed E-state index contributed by atoms with van der Waals surface area (Å²) in [6.45, 7) is 3.58. The van der Waals surface area contributed by atoms with Gasteiger partial charge in [-0.3, -0.25) is 9.69 Å². The van der Waals surface area contributed by atoms with Crippen molar-refractivity contribution in [3.8, 4) is 0 Å². The van der Waals surface area contributed by atoms with Gasteiger partial charge in [-0.25, -0.2) is 4.79 Å². The Hall–Kier alpha value is -2.09. The summed E-state index contributed by atoms with van der Waals surface area (Å²) in [4.78, 5) is 28.0. The average molecular weight is 438 g/mol. The van der Waals surface area contributed by atoms with Crippen molar-refractivity contribution in [1.82, 2.24) is 10.2 Å². The number of methoxy groups -OCH3 is 1. The van der Waals surface area contributed by atoms with Crippen LogP contribution in [0.25, 0.3) is 0 Å². The third-order valence-electron chi connectivity index (χ3n) is 7.39. The van der Waals surface area contributed by atoms with Gasteiger partial charge in [-0.05, 0) is 69.1 Å². The number of carbonyl (C=O) groups is 2. The molecule has 1 heterocycles. The molecule has 170 valence electrons. The Balaban J connectivity index is 1.79. The highest BCUT2D eigenvalue weighted by Crippen LogP contribution is 2.60. The third kappa shape index (κ3) is 3.43. The minimum Gasteiger partial charge on any atom is -0.381 e. The maximum absolute atomic E-state index is 13.8. The highest BCUT2D eigenvalue weighted by atomic mass is 19.4. The molecule has 3 amide bonds. The van der Waals surface area contributed by atoms with Crippen LogP contribution in [0.4, 0.5) is 18.0 Å². The van der Waals surface area contributed by atoms with Crippen molar-refractivity contribution >= 4 is 11.9 Å². The first-order valence-electron chi connectivity index (χ1n) is 10.9. The molecule has 2 fully saturated rings. The number of aryl methyl sites for hydroxylation is 1. The largest absolute Gasteiger partial charge is 0.389 e. The van der Waals surface area contributed by atoms with Crippen LogP contribution in [-0.2, 0) is 27.9 Å². The molecule has 1 atom stereocenters. The molecular weight excluding hydrogens is 409 g/mol. The van der Waals surface area contributed by atoms with Crippen molar-refractivity contribution in [2.24, 2.45) is 5.41 Å². The summed E-state index contributed by atoms with van der Waals surface area (Å²) in [5, 5.41) is 3.03. The third-order valence-corrected chi connectivity index (χ3v) is 7.39. The van der Waals surface area contributed by atoms with E-state index in [1.807, 2.05) is 6.07 Å². The van der Waals surface area contributed by atoms with E-state index < -0.39 is 29.6 Å². The van der Waals surface area contributed by atoms with E-state index in [4.69, 9.17) is 4.74 Å². The number of fused-ring (bicyclic) bond motifs is 3. The molecule has 0 bridgehead atoms. The molecule has 1 aromatic rings. The standard InChI is InChI=1S/C23H29F3N2O3/c1-14(2)28-19(29)23(27-20(28)30)18-12-15(6-11-22(24,25)26)4-5-16(18)13-21(23)9-7-17(31-3)8-10-21/h4-5,12,14,17H,6-11,13H2,1-3H3,(H,27,30). The number of nitrogens with zero attached hydrogens (tertiary/aromatic N) is 1. The van der Waals surface area contributed by atoms with Crippen LogP contribution >= 0.6 is 0 Å². The van der Waals surface area contributed by atoms with E-state index >= 15 is 0 Å². The van der Waals surface area contributed by atoms with Crippen LogP contribution in [0.1, 0.15) is 62.6 Å². The maximum atomic E-state index is 13.8. The van der Waals surface area contributed by atoms with Gasteiger partial charge >= 0.3 is 12.2 Å². The van der Waals surface area contributed by atoms with Crippen LogP contribution < -0.4 is 5.32 Å². The number of urea groups is 1. The maximum Gasteiger partial charge on any atom is 0.389 e. The lowest BCUT2D eigenvalue weighted by Gasteiger charge is -2.46. The van der Waals surface area contributed by atoms with Crippen LogP contribution in [0.3, 0.4) is 0 Å². The Morgan fingerprint density at radius 2 is 1.90 bits per heavy atom.